The first-order valence-corrected chi connectivity index (χ1v) is 4.53. The predicted octanol–water partition coefficient (Wildman–Crippen LogP) is 0.713. The summed E-state index contributed by atoms with van der Waals surface area (Å²) in [6.07, 6.45) is 0. The lowest BCUT2D eigenvalue weighted by Crippen LogP contribution is -2.09. The summed E-state index contributed by atoms with van der Waals surface area (Å²) < 4.78 is 0. The van der Waals surface area contributed by atoms with Crippen molar-refractivity contribution >= 4 is 13.3 Å². The number of hydrogen-bond donors (Lipinski definition) is 1. The SMILES string of the molecule is Bc1ccccc1.CCNCC.F. The first kappa shape index (κ1) is 14.7. The van der Waals surface area contributed by atoms with Crippen LogP contribution in [-0.4, -0.2) is 20.9 Å². The van der Waals surface area contributed by atoms with Crippen molar-refractivity contribution in [2.45, 2.75) is 13.8 Å². The summed E-state index contributed by atoms with van der Waals surface area (Å²) in [6.45, 7) is 6.39. The van der Waals surface area contributed by atoms with Crippen LogP contribution < -0.4 is 10.8 Å². The molecule has 0 unspecified atom stereocenters. The highest BCUT2D eigenvalue weighted by molar-refractivity contribution is 6.32. The summed E-state index contributed by atoms with van der Waals surface area (Å²) in [6, 6.07) is 10.3. The van der Waals surface area contributed by atoms with Crippen molar-refractivity contribution in [1.82, 2.24) is 5.32 Å². The van der Waals surface area contributed by atoms with Gasteiger partial charge in [-0.2, -0.15) is 0 Å². The largest absolute Gasteiger partial charge is 0.317 e. The van der Waals surface area contributed by atoms with Gasteiger partial charge in [-0.1, -0.05) is 49.6 Å². The number of hydrogen-bond acceptors (Lipinski definition) is 1. The van der Waals surface area contributed by atoms with Gasteiger partial charge in [0.2, 0.25) is 0 Å². The first-order valence-electron chi connectivity index (χ1n) is 4.53. The van der Waals surface area contributed by atoms with Crippen molar-refractivity contribution in [3.8, 4) is 0 Å². The van der Waals surface area contributed by atoms with Gasteiger partial charge in [-0.05, 0) is 13.1 Å². The molecule has 0 aliphatic carbocycles. The van der Waals surface area contributed by atoms with Gasteiger partial charge in [-0.25, -0.2) is 0 Å². The fourth-order valence-corrected chi connectivity index (χ4v) is 0.784. The van der Waals surface area contributed by atoms with Gasteiger partial charge in [0.15, 0.2) is 0 Å². The van der Waals surface area contributed by atoms with E-state index in [-0.39, 0.29) is 4.70 Å². The molecule has 74 valence electrons. The number of benzene rings is 1. The first-order chi connectivity index (χ1) is 5.81. The quantitative estimate of drug-likeness (QED) is 0.666. The molecule has 0 heterocycles. The zero-order valence-electron chi connectivity index (χ0n) is 8.71. The van der Waals surface area contributed by atoms with Crippen molar-refractivity contribution in [3.63, 3.8) is 0 Å². The normalized spacial score (nSPS) is 7.85. The fourth-order valence-electron chi connectivity index (χ4n) is 0.784. The maximum absolute atomic E-state index is 3.11. The molecule has 0 bridgehead atoms. The zero-order chi connectivity index (χ0) is 9.23. The Hall–Kier alpha value is -0.825. The lowest BCUT2D eigenvalue weighted by molar-refractivity contribution is 0.762. The van der Waals surface area contributed by atoms with E-state index in [2.05, 4.69) is 39.1 Å². The van der Waals surface area contributed by atoms with Crippen molar-refractivity contribution in [1.29, 1.82) is 0 Å². The Bertz CT molecular complexity index is 178. The molecule has 1 rings (SSSR count). The van der Waals surface area contributed by atoms with Crippen molar-refractivity contribution < 1.29 is 4.70 Å². The van der Waals surface area contributed by atoms with Gasteiger partial charge in [0, 0.05) is 0 Å². The van der Waals surface area contributed by atoms with E-state index in [9.17, 15) is 0 Å². The molecule has 0 saturated carbocycles. The summed E-state index contributed by atoms with van der Waals surface area (Å²) in [7, 11) is 2.08. The highest BCUT2D eigenvalue weighted by atomic mass is 19.0. The molecular weight excluding hydrogens is 164 g/mol. The summed E-state index contributed by atoms with van der Waals surface area (Å²) in [4.78, 5) is 0. The molecule has 0 aliphatic rings. The van der Waals surface area contributed by atoms with E-state index in [1.165, 1.54) is 5.46 Å². The molecule has 1 aromatic carbocycles. The molecule has 0 atom stereocenters. The van der Waals surface area contributed by atoms with Crippen molar-refractivity contribution in [2.24, 2.45) is 0 Å². The summed E-state index contributed by atoms with van der Waals surface area (Å²) in [5, 5.41) is 3.11. The summed E-state index contributed by atoms with van der Waals surface area (Å²) in [5.74, 6) is 0. The lowest BCUT2D eigenvalue weighted by atomic mass is 9.97. The van der Waals surface area contributed by atoms with Crippen LogP contribution in [0.15, 0.2) is 30.3 Å². The van der Waals surface area contributed by atoms with Crippen LogP contribution in [0.4, 0.5) is 4.70 Å². The number of nitrogens with one attached hydrogen (secondary N) is 1. The Morgan fingerprint density at radius 1 is 1.08 bits per heavy atom. The molecule has 0 spiro atoms. The third-order valence-electron chi connectivity index (χ3n) is 1.44. The van der Waals surface area contributed by atoms with Gasteiger partial charge in [-0.15, -0.1) is 0 Å². The Balaban J connectivity index is 0. The van der Waals surface area contributed by atoms with E-state index >= 15 is 0 Å². The third-order valence-corrected chi connectivity index (χ3v) is 1.44. The smallest absolute Gasteiger partial charge is 0.139 e. The Morgan fingerprint density at radius 3 is 1.69 bits per heavy atom. The van der Waals surface area contributed by atoms with Crippen molar-refractivity contribution in [3.05, 3.63) is 30.3 Å². The number of rotatable bonds is 2. The van der Waals surface area contributed by atoms with Gasteiger partial charge >= 0.3 is 0 Å². The average molecular weight is 183 g/mol. The molecule has 1 aromatic rings. The minimum Gasteiger partial charge on any atom is -0.317 e. The van der Waals surface area contributed by atoms with Gasteiger partial charge in [-0.3, -0.25) is 4.70 Å². The predicted molar refractivity (Wildman–Crippen MR) is 61.3 cm³/mol. The second kappa shape index (κ2) is 11.2. The molecule has 0 fully saturated rings. The van der Waals surface area contributed by atoms with E-state index in [1.807, 2.05) is 18.2 Å². The van der Waals surface area contributed by atoms with Gasteiger partial charge < -0.3 is 5.32 Å². The molecule has 0 radical (unpaired) electrons. The minimum absolute atomic E-state index is 0. The second-order valence-electron chi connectivity index (χ2n) is 2.61. The monoisotopic (exact) mass is 183 g/mol. The highest BCUT2D eigenvalue weighted by Gasteiger charge is 1.72. The van der Waals surface area contributed by atoms with Gasteiger partial charge in [0.25, 0.3) is 0 Å². The van der Waals surface area contributed by atoms with Crippen LogP contribution in [0.2, 0.25) is 0 Å². The Labute approximate surface area is 81.3 Å². The van der Waals surface area contributed by atoms with E-state index in [1.54, 1.807) is 0 Å². The van der Waals surface area contributed by atoms with Gasteiger partial charge in [0.05, 0.1) is 0 Å². The van der Waals surface area contributed by atoms with Crippen LogP contribution in [-0.2, 0) is 0 Å². The average Bonchev–Trinajstić information content (AvgIpc) is 2.08. The van der Waals surface area contributed by atoms with Crippen molar-refractivity contribution in [2.75, 3.05) is 13.1 Å². The molecular formula is C10H19BFN. The fraction of sp³-hybridized carbons (Fsp3) is 0.400. The minimum atomic E-state index is 0. The van der Waals surface area contributed by atoms with Crippen LogP contribution in [0.3, 0.4) is 0 Å². The number of halogens is 1. The molecule has 1 N–H and O–H groups in total. The maximum Gasteiger partial charge on any atom is 0.139 e. The van der Waals surface area contributed by atoms with Crippen LogP contribution in [0.25, 0.3) is 0 Å². The maximum atomic E-state index is 3.11. The molecule has 0 saturated heterocycles. The molecule has 1 nitrogen and oxygen atoms in total. The Morgan fingerprint density at radius 2 is 1.54 bits per heavy atom. The van der Waals surface area contributed by atoms with Crippen LogP contribution in [0.1, 0.15) is 13.8 Å². The topological polar surface area (TPSA) is 12.0 Å². The summed E-state index contributed by atoms with van der Waals surface area (Å²) >= 11 is 0. The summed E-state index contributed by atoms with van der Waals surface area (Å²) in [5.41, 5.74) is 1.32. The Kier molecular flexibility index (Phi) is 12.6. The van der Waals surface area contributed by atoms with Crippen LogP contribution in [0.5, 0.6) is 0 Å². The van der Waals surface area contributed by atoms with E-state index in [0.717, 1.165) is 13.1 Å². The van der Waals surface area contributed by atoms with E-state index in [4.69, 9.17) is 0 Å². The third kappa shape index (κ3) is 11.2. The van der Waals surface area contributed by atoms with Crippen LogP contribution >= 0.6 is 0 Å². The second-order valence-corrected chi connectivity index (χ2v) is 2.61. The molecule has 3 heteroatoms. The van der Waals surface area contributed by atoms with E-state index in [0.29, 0.717) is 0 Å². The lowest BCUT2D eigenvalue weighted by Gasteiger charge is -1.86. The molecule has 13 heavy (non-hydrogen) atoms. The standard InChI is InChI=1S/C6H7B.C4H11N.FH/c7-6-4-2-1-3-5-6;1-3-5-4-2;/h1-5H,7H2;5H,3-4H2,1-2H3;1H. The van der Waals surface area contributed by atoms with Gasteiger partial charge in [0.1, 0.15) is 7.85 Å². The van der Waals surface area contributed by atoms with Crippen LogP contribution in [0, 0.1) is 0 Å². The zero-order valence-corrected chi connectivity index (χ0v) is 8.71. The molecule has 0 amide bonds. The molecule has 0 aliphatic heterocycles. The highest BCUT2D eigenvalue weighted by Crippen LogP contribution is 1.76. The molecule has 0 aromatic heterocycles. The van der Waals surface area contributed by atoms with E-state index < -0.39 is 0 Å².